The molecule has 0 aromatic heterocycles. The first-order valence-corrected chi connectivity index (χ1v) is 29.7. The van der Waals surface area contributed by atoms with E-state index in [1.165, 1.54) is 287 Å². The maximum Gasteiger partial charge on any atom is -0.0292 e. The van der Waals surface area contributed by atoms with Gasteiger partial charge in [0.05, 0.1) is 0 Å². The third-order valence-corrected chi connectivity index (χ3v) is 15.3. The second-order valence-electron chi connectivity index (χ2n) is 22.9. The van der Waals surface area contributed by atoms with E-state index in [1.807, 2.05) is 11.1 Å². The first-order valence-electron chi connectivity index (χ1n) is 29.7. The van der Waals surface area contributed by atoms with Crippen molar-refractivity contribution in [1.29, 1.82) is 0 Å². The molecular weight excluding hydrogens is 781 g/mol. The molecular formula is C65H122. The molecule has 0 amide bonds. The summed E-state index contributed by atoms with van der Waals surface area (Å²) in [6, 6.07) is 0. The molecule has 0 aliphatic carbocycles. The smallest absolute Gasteiger partial charge is 0.0292 e. The molecule has 0 rings (SSSR count). The van der Waals surface area contributed by atoms with E-state index in [-0.39, 0.29) is 0 Å². The van der Waals surface area contributed by atoms with Crippen molar-refractivity contribution < 1.29 is 0 Å². The highest BCUT2D eigenvalue weighted by Crippen LogP contribution is 2.34. The lowest BCUT2D eigenvalue weighted by molar-refractivity contribution is 0.368. The Balaban J connectivity index is 5.92. The molecule has 0 bridgehead atoms. The molecule has 0 aliphatic heterocycles. The summed E-state index contributed by atoms with van der Waals surface area (Å²) < 4.78 is 0. The van der Waals surface area contributed by atoms with Gasteiger partial charge in [-0.15, -0.1) is 26.3 Å². The van der Waals surface area contributed by atoms with E-state index >= 15 is 0 Å². The minimum Gasteiger partial charge on any atom is -0.103 e. The van der Waals surface area contributed by atoms with E-state index in [0.29, 0.717) is 0 Å². The molecule has 5 unspecified atom stereocenters. The van der Waals surface area contributed by atoms with Gasteiger partial charge in [0.2, 0.25) is 0 Å². The normalized spacial score (nSPS) is 14.4. The Kier molecular flexibility index (Phi) is 46.8. The third kappa shape index (κ3) is 44.9. The molecule has 0 aliphatic rings. The van der Waals surface area contributed by atoms with Crippen molar-refractivity contribution >= 4 is 0 Å². The van der Waals surface area contributed by atoms with Crippen LogP contribution in [0.5, 0.6) is 0 Å². The van der Waals surface area contributed by atoms with Crippen molar-refractivity contribution in [3.05, 3.63) is 60.8 Å². The number of unbranched alkanes of at least 4 members (excludes halogenated alkanes) is 21. The average molecular weight is 904 g/mol. The fourth-order valence-corrected chi connectivity index (χ4v) is 10.8. The van der Waals surface area contributed by atoms with Gasteiger partial charge < -0.3 is 0 Å². The van der Waals surface area contributed by atoms with Gasteiger partial charge in [-0.05, 0) is 133 Å². The van der Waals surface area contributed by atoms with E-state index in [9.17, 15) is 0 Å². The van der Waals surface area contributed by atoms with E-state index in [0.717, 1.165) is 29.6 Å². The summed E-state index contributed by atoms with van der Waals surface area (Å²) in [7, 11) is 0. The fourth-order valence-electron chi connectivity index (χ4n) is 10.8. The van der Waals surface area contributed by atoms with Crippen LogP contribution in [0.2, 0.25) is 0 Å². The minimum absolute atomic E-state index is 0.804. The predicted octanol–water partition coefficient (Wildman–Crippen LogP) is 23.8. The molecule has 0 saturated carbocycles. The molecule has 382 valence electrons. The van der Waals surface area contributed by atoms with Gasteiger partial charge in [-0.2, -0.15) is 0 Å². The zero-order valence-electron chi connectivity index (χ0n) is 46.3. The number of hydrogen-bond donors (Lipinski definition) is 0. The zero-order chi connectivity index (χ0) is 48.0. The van der Waals surface area contributed by atoms with Crippen molar-refractivity contribution in [2.24, 2.45) is 29.6 Å². The summed E-state index contributed by atoms with van der Waals surface area (Å²) in [4.78, 5) is 0. The average Bonchev–Trinajstić information content (AvgIpc) is 3.27. The summed E-state index contributed by atoms with van der Waals surface area (Å²) in [5.41, 5.74) is 6.57. The number of rotatable bonds is 52. The Labute approximate surface area is 413 Å². The number of allylic oxidation sites excluding steroid dienone is 6. The van der Waals surface area contributed by atoms with Crippen LogP contribution < -0.4 is 0 Å². The monoisotopic (exact) mass is 903 g/mol. The quantitative estimate of drug-likeness (QED) is 0.0421. The van der Waals surface area contributed by atoms with Crippen LogP contribution in [-0.2, 0) is 0 Å². The first kappa shape index (κ1) is 63.7. The van der Waals surface area contributed by atoms with Gasteiger partial charge in [-0.25, -0.2) is 0 Å². The van der Waals surface area contributed by atoms with E-state index in [4.69, 9.17) is 0 Å². The van der Waals surface area contributed by atoms with Gasteiger partial charge in [0.1, 0.15) is 0 Å². The van der Waals surface area contributed by atoms with Crippen LogP contribution in [0.25, 0.3) is 0 Å². The first-order chi connectivity index (χ1) is 31.5. The summed E-state index contributed by atoms with van der Waals surface area (Å²) in [5.74, 6) is 4.25. The molecule has 0 heteroatoms. The van der Waals surface area contributed by atoms with Crippen LogP contribution in [0.3, 0.4) is 0 Å². The van der Waals surface area contributed by atoms with Crippen LogP contribution in [0.4, 0.5) is 0 Å². The van der Waals surface area contributed by atoms with Crippen LogP contribution in [0.1, 0.15) is 325 Å². The van der Waals surface area contributed by atoms with Gasteiger partial charge in [0.15, 0.2) is 0 Å². The summed E-state index contributed by atoms with van der Waals surface area (Å²) in [5, 5.41) is 0. The van der Waals surface area contributed by atoms with Crippen LogP contribution >= 0.6 is 0 Å². The fraction of sp³-hybridized carbons (Fsp3) is 0.846. The third-order valence-electron chi connectivity index (χ3n) is 15.3. The molecule has 0 fully saturated rings. The van der Waals surface area contributed by atoms with Crippen molar-refractivity contribution in [1.82, 2.24) is 0 Å². The summed E-state index contributed by atoms with van der Waals surface area (Å²) in [6.45, 7) is 33.1. The lowest BCUT2D eigenvalue weighted by atomic mass is 9.82. The predicted molar refractivity (Wildman–Crippen MR) is 301 cm³/mol. The molecule has 65 heavy (non-hydrogen) atoms. The zero-order valence-corrected chi connectivity index (χ0v) is 46.3. The van der Waals surface area contributed by atoms with E-state index in [1.54, 1.807) is 0 Å². The molecule has 0 aromatic carbocycles. The summed E-state index contributed by atoms with van der Waals surface area (Å²) >= 11 is 0. The van der Waals surface area contributed by atoms with E-state index in [2.05, 4.69) is 86.9 Å². The molecule has 0 radical (unpaired) electrons. The SMILES string of the molecule is C=CCCCCCCCCC(C)CC(CCCCCCC(C)CCC(=C)C)=C(CCCC(CCCCCCC)CCCCCCCCCCC(=C)C)CC(C)CCCC(C)CCCC=C. The molecule has 0 saturated heterocycles. The topological polar surface area (TPSA) is 0 Å². The van der Waals surface area contributed by atoms with Gasteiger partial charge in [0, 0.05) is 0 Å². The standard InChI is InChI=1S/C65H122/c1-12-15-18-20-21-25-29-36-45-61(10)55-64(51-39-32-31-35-44-60(9)54-53-58(6)7)65(56-62(11)47-40-46-59(8)43-33-17-14-3)52-41-50-63(48-37-27-19-16-13-2)49-38-30-26-23-22-24-28-34-42-57(4)5/h12,14,59-63H,1,3-4,6,13,15-56H2,2,5,7-11H3. The Morgan fingerprint density at radius 2 is 0.692 bits per heavy atom. The van der Waals surface area contributed by atoms with Gasteiger partial charge >= 0.3 is 0 Å². The molecule has 0 N–H and O–H groups in total. The highest BCUT2D eigenvalue weighted by Gasteiger charge is 2.17. The maximum atomic E-state index is 4.16. The molecule has 0 heterocycles. The van der Waals surface area contributed by atoms with Crippen LogP contribution in [0, 0.1) is 29.6 Å². The Hall–Kier alpha value is -1.30. The molecule has 5 atom stereocenters. The second-order valence-corrected chi connectivity index (χ2v) is 22.9. The Morgan fingerprint density at radius 3 is 1.22 bits per heavy atom. The van der Waals surface area contributed by atoms with Crippen molar-refractivity contribution in [2.45, 2.75) is 325 Å². The largest absolute Gasteiger partial charge is 0.103 e. The van der Waals surface area contributed by atoms with Crippen LogP contribution in [-0.4, -0.2) is 0 Å². The maximum absolute atomic E-state index is 4.16. The number of hydrogen-bond acceptors (Lipinski definition) is 0. The summed E-state index contributed by atoms with van der Waals surface area (Å²) in [6.07, 6.45) is 63.9. The highest BCUT2D eigenvalue weighted by molar-refractivity contribution is 5.16. The van der Waals surface area contributed by atoms with Gasteiger partial charge in [-0.3, -0.25) is 0 Å². The molecule has 0 spiro atoms. The second kappa shape index (κ2) is 47.8. The van der Waals surface area contributed by atoms with Crippen LogP contribution in [0.15, 0.2) is 60.8 Å². The van der Waals surface area contributed by atoms with Crippen molar-refractivity contribution in [3.8, 4) is 0 Å². The molecule has 0 aromatic rings. The minimum atomic E-state index is 0.804. The highest BCUT2D eigenvalue weighted by atomic mass is 14.2. The Morgan fingerprint density at radius 1 is 0.338 bits per heavy atom. The van der Waals surface area contributed by atoms with Crippen molar-refractivity contribution in [2.75, 3.05) is 0 Å². The van der Waals surface area contributed by atoms with Gasteiger partial charge in [0.25, 0.3) is 0 Å². The van der Waals surface area contributed by atoms with Gasteiger partial charge in [-0.1, -0.05) is 255 Å². The lowest BCUT2D eigenvalue weighted by Gasteiger charge is -2.24. The molecule has 0 nitrogen and oxygen atoms in total. The lowest BCUT2D eigenvalue weighted by Crippen LogP contribution is -2.07. The van der Waals surface area contributed by atoms with E-state index < -0.39 is 0 Å². The Bertz CT molecular complexity index is 1100. The van der Waals surface area contributed by atoms with Crippen molar-refractivity contribution in [3.63, 3.8) is 0 Å².